The van der Waals surface area contributed by atoms with Gasteiger partial charge in [0.1, 0.15) is 0 Å². The lowest BCUT2D eigenvalue weighted by Crippen LogP contribution is -2.43. The van der Waals surface area contributed by atoms with E-state index in [4.69, 9.17) is 4.74 Å². The Morgan fingerprint density at radius 1 is 1.45 bits per heavy atom. The van der Waals surface area contributed by atoms with E-state index in [0.29, 0.717) is 5.56 Å². The standard InChI is InChI=1S/C15H20FNO3/c1-15(10-14(18)19,17-7-3-4-8-17)11-5-6-13(20-2)12(16)9-11/h5-6,9H,3-4,7-8,10H2,1-2H3,(H,18,19). The zero-order valence-electron chi connectivity index (χ0n) is 11.9. The van der Waals surface area contributed by atoms with Crippen LogP contribution >= 0.6 is 0 Å². The molecule has 1 aromatic carbocycles. The Labute approximate surface area is 118 Å². The lowest BCUT2D eigenvalue weighted by atomic mass is 9.86. The number of rotatable bonds is 5. The van der Waals surface area contributed by atoms with Crippen LogP contribution in [0.3, 0.4) is 0 Å². The van der Waals surface area contributed by atoms with Gasteiger partial charge in [-0.3, -0.25) is 9.69 Å². The number of carbonyl (C=O) groups is 1. The third-order valence-corrected chi connectivity index (χ3v) is 4.07. The molecule has 20 heavy (non-hydrogen) atoms. The molecule has 1 N–H and O–H groups in total. The van der Waals surface area contributed by atoms with Gasteiger partial charge in [-0.2, -0.15) is 0 Å². The lowest BCUT2D eigenvalue weighted by molar-refractivity contribution is -0.140. The van der Waals surface area contributed by atoms with Gasteiger partial charge in [-0.15, -0.1) is 0 Å². The fourth-order valence-corrected chi connectivity index (χ4v) is 2.90. The Kier molecular flexibility index (Phi) is 4.28. The van der Waals surface area contributed by atoms with Gasteiger partial charge < -0.3 is 9.84 Å². The minimum Gasteiger partial charge on any atom is -0.494 e. The molecule has 110 valence electrons. The molecule has 1 heterocycles. The van der Waals surface area contributed by atoms with Crippen molar-refractivity contribution in [3.8, 4) is 5.75 Å². The summed E-state index contributed by atoms with van der Waals surface area (Å²) in [6.45, 7) is 3.56. The first-order valence-electron chi connectivity index (χ1n) is 6.78. The molecule has 2 rings (SSSR count). The molecule has 1 unspecified atom stereocenters. The molecule has 1 aliphatic heterocycles. The number of benzene rings is 1. The number of aliphatic carboxylic acids is 1. The Bertz CT molecular complexity index is 500. The number of hydrogen-bond donors (Lipinski definition) is 1. The van der Waals surface area contributed by atoms with E-state index < -0.39 is 17.3 Å². The molecule has 4 nitrogen and oxygen atoms in total. The van der Waals surface area contributed by atoms with Crippen LogP contribution in [-0.4, -0.2) is 36.2 Å². The van der Waals surface area contributed by atoms with Crippen LogP contribution in [-0.2, 0) is 10.3 Å². The molecule has 0 amide bonds. The maximum absolute atomic E-state index is 13.9. The van der Waals surface area contributed by atoms with Crippen LogP contribution < -0.4 is 4.74 Å². The van der Waals surface area contributed by atoms with Crippen LogP contribution in [0.15, 0.2) is 18.2 Å². The highest BCUT2D eigenvalue weighted by atomic mass is 19.1. The average molecular weight is 281 g/mol. The Hall–Kier alpha value is -1.62. The first-order chi connectivity index (χ1) is 9.47. The quantitative estimate of drug-likeness (QED) is 0.901. The van der Waals surface area contributed by atoms with Crippen molar-refractivity contribution in [1.82, 2.24) is 4.90 Å². The van der Waals surface area contributed by atoms with Crippen molar-refractivity contribution in [1.29, 1.82) is 0 Å². The highest BCUT2D eigenvalue weighted by molar-refractivity contribution is 5.69. The summed E-state index contributed by atoms with van der Waals surface area (Å²) in [6, 6.07) is 4.70. The van der Waals surface area contributed by atoms with Crippen LogP contribution in [0.1, 0.15) is 31.7 Å². The number of likely N-dealkylation sites (tertiary alicyclic amines) is 1. The topological polar surface area (TPSA) is 49.8 Å². The summed E-state index contributed by atoms with van der Waals surface area (Å²) in [6.07, 6.45) is 2.06. The fourth-order valence-electron chi connectivity index (χ4n) is 2.90. The third kappa shape index (κ3) is 2.77. The molecule has 1 aromatic rings. The van der Waals surface area contributed by atoms with E-state index in [1.165, 1.54) is 13.2 Å². The van der Waals surface area contributed by atoms with E-state index >= 15 is 0 Å². The molecule has 0 radical (unpaired) electrons. The van der Waals surface area contributed by atoms with Crippen LogP contribution in [0.5, 0.6) is 5.75 Å². The van der Waals surface area contributed by atoms with Gasteiger partial charge in [-0.05, 0) is 50.6 Å². The van der Waals surface area contributed by atoms with E-state index in [-0.39, 0.29) is 12.2 Å². The molecule has 0 spiro atoms. The van der Waals surface area contributed by atoms with E-state index in [0.717, 1.165) is 25.9 Å². The average Bonchev–Trinajstić information content (AvgIpc) is 2.92. The second-order valence-electron chi connectivity index (χ2n) is 5.39. The molecule has 1 saturated heterocycles. The molecule has 1 fully saturated rings. The highest BCUT2D eigenvalue weighted by Crippen LogP contribution is 2.36. The Balaban J connectivity index is 2.39. The summed E-state index contributed by atoms with van der Waals surface area (Å²) in [5.74, 6) is -1.16. The van der Waals surface area contributed by atoms with Crippen molar-refractivity contribution in [2.24, 2.45) is 0 Å². The van der Waals surface area contributed by atoms with Crippen molar-refractivity contribution >= 4 is 5.97 Å². The minimum absolute atomic E-state index is 0.0429. The van der Waals surface area contributed by atoms with Gasteiger partial charge in [0.15, 0.2) is 11.6 Å². The number of ether oxygens (including phenoxy) is 1. The van der Waals surface area contributed by atoms with Gasteiger partial charge in [0.25, 0.3) is 0 Å². The van der Waals surface area contributed by atoms with Crippen LogP contribution in [0.4, 0.5) is 4.39 Å². The maximum Gasteiger partial charge on any atom is 0.305 e. The molecule has 1 atom stereocenters. The minimum atomic E-state index is -0.879. The molecular weight excluding hydrogens is 261 g/mol. The number of methoxy groups -OCH3 is 1. The molecule has 0 aliphatic carbocycles. The first kappa shape index (κ1) is 14.8. The van der Waals surface area contributed by atoms with E-state index in [9.17, 15) is 14.3 Å². The summed E-state index contributed by atoms with van der Waals surface area (Å²) < 4.78 is 18.8. The monoisotopic (exact) mass is 281 g/mol. The summed E-state index contributed by atoms with van der Waals surface area (Å²) >= 11 is 0. The fraction of sp³-hybridized carbons (Fsp3) is 0.533. The lowest BCUT2D eigenvalue weighted by Gasteiger charge is -2.38. The first-order valence-corrected chi connectivity index (χ1v) is 6.78. The van der Waals surface area contributed by atoms with Crippen molar-refractivity contribution in [3.05, 3.63) is 29.6 Å². The highest BCUT2D eigenvalue weighted by Gasteiger charge is 2.37. The van der Waals surface area contributed by atoms with Crippen molar-refractivity contribution in [2.45, 2.75) is 31.7 Å². The predicted molar refractivity (Wildman–Crippen MR) is 73.4 cm³/mol. The van der Waals surface area contributed by atoms with Gasteiger partial charge >= 0.3 is 5.97 Å². The second kappa shape index (κ2) is 5.79. The maximum atomic E-state index is 13.9. The smallest absolute Gasteiger partial charge is 0.305 e. The summed E-state index contributed by atoms with van der Waals surface area (Å²) in [7, 11) is 1.41. The third-order valence-electron chi connectivity index (χ3n) is 4.07. The molecular formula is C15H20FNO3. The zero-order chi connectivity index (χ0) is 14.8. The van der Waals surface area contributed by atoms with Crippen molar-refractivity contribution in [3.63, 3.8) is 0 Å². The molecule has 0 bridgehead atoms. The Morgan fingerprint density at radius 2 is 2.10 bits per heavy atom. The largest absolute Gasteiger partial charge is 0.494 e. The van der Waals surface area contributed by atoms with Crippen LogP contribution in [0.25, 0.3) is 0 Å². The summed E-state index contributed by atoms with van der Waals surface area (Å²) in [5, 5.41) is 9.20. The van der Waals surface area contributed by atoms with Gasteiger partial charge in [-0.25, -0.2) is 4.39 Å². The zero-order valence-corrected chi connectivity index (χ0v) is 11.9. The predicted octanol–water partition coefficient (Wildman–Crippen LogP) is 2.62. The number of halogens is 1. The Morgan fingerprint density at radius 3 is 2.60 bits per heavy atom. The van der Waals surface area contributed by atoms with Gasteiger partial charge in [0.05, 0.1) is 19.1 Å². The molecule has 1 aliphatic rings. The molecule has 0 aromatic heterocycles. The van der Waals surface area contributed by atoms with Crippen LogP contribution in [0, 0.1) is 5.82 Å². The second-order valence-corrected chi connectivity index (χ2v) is 5.39. The van der Waals surface area contributed by atoms with Crippen molar-refractivity contribution < 1.29 is 19.0 Å². The van der Waals surface area contributed by atoms with Gasteiger partial charge in [-0.1, -0.05) is 6.07 Å². The normalized spacial score (nSPS) is 18.8. The van der Waals surface area contributed by atoms with E-state index in [2.05, 4.69) is 4.90 Å². The molecule has 0 saturated carbocycles. The number of carboxylic acids is 1. The number of carboxylic acid groups (broad SMARTS) is 1. The van der Waals surface area contributed by atoms with Gasteiger partial charge in [0, 0.05) is 0 Å². The van der Waals surface area contributed by atoms with E-state index in [1.54, 1.807) is 12.1 Å². The number of nitrogens with zero attached hydrogens (tertiary/aromatic N) is 1. The van der Waals surface area contributed by atoms with Gasteiger partial charge in [0.2, 0.25) is 0 Å². The van der Waals surface area contributed by atoms with Crippen LogP contribution in [0.2, 0.25) is 0 Å². The summed E-state index contributed by atoms with van der Waals surface area (Å²) in [4.78, 5) is 13.3. The SMILES string of the molecule is COc1ccc(C(C)(CC(=O)O)N2CCCC2)cc1F. The summed E-state index contributed by atoms with van der Waals surface area (Å²) in [5.41, 5.74) is -0.00443. The molecule has 5 heteroatoms. The number of hydrogen-bond acceptors (Lipinski definition) is 3. The van der Waals surface area contributed by atoms with Crippen molar-refractivity contribution in [2.75, 3.05) is 20.2 Å². The van der Waals surface area contributed by atoms with E-state index in [1.807, 2.05) is 6.92 Å².